The van der Waals surface area contributed by atoms with Gasteiger partial charge in [-0.2, -0.15) is 0 Å². The Bertz CT molecular complexity index is 507. The third-order valence-corrected chi connectivity index (χ3v) is 3.88. The summed E-state index contributed by atoms with van der Waals surface area (Å²) in [5, 5.41) is 4.67. The SMILES string of the molecule is Cc1nc(C(C)NC(C)c2ccccn2)c(C)s1. The van der Waals surface area contributed by atoms with Crippen LogP contribution in [0.2, 0.25) is 0 Å². The van der Waals surface area contributed by atoms with E-state index < -0.39 is 0 Å². The minimum absolute atomic E-state index is 0.225. The molecule has 2 aromatic rings. The molecule has 0 bridgehead atoms. The van der Waals surface area contributed by atoms with E-state index in [1.54, 1.807) is 11.3 Å². The van der Waals surface area contributed by atoms with Gasteiger partial charge in [-0.25, -0.2) is 4.98 Å². The summed E-state index contributed by atoms with van der Waals surface area (Å²) < 4.78 is 0. The van der Waals surface area contributed by atoms with Crippen LogP contribution in [0.5, 0.6) is 0 Å². The fourth-order valence-corrected chi connectivity index (χ4v) is 3.03. The first-order chi connectivity index (χ1) is 8.58. The fraction of sp³-hybridized carbons (Fsp3) is 0.429. The number of nitrogens with one attached hydrogen (secondary N) is 1. The van der Waals surface area contributed by atoms with Crippen LogP contribution < -0.4 is 5.32 Å². The summed E-state index contributed by atoms with van der Waals surface area (Å²) >= 11 is 1.75. The summed E-state index contributed by atoms with van der Waals surface area (Å²) in [6.45, 7) is 8.47. The molecular formula is C14H19N3S. The third kappa shape index (κ3) is 2.94. The normalized spacial score (nSPS) is 14.4. The zero-order chi connectivity index (χ0) is 13.1. The van der Waals surface area contributed by atoms with E-state index in [9.17, 15) is 0 Å². The lowest BCUT2D eigenvalue weighted by Crippen LogP contribution is -2.23. The summed E-state index contributed by atoms with van der Waals surface area (Å²) in [4.78, 5) is 10.3. The molecule has 0 radical (unpaired) electrons. The molecule has 1 N–H and O–H groups in total. The summed E-state index contributed by atoms with van der Waals surface area (Å²) in [5.74, 6) is 0. The number of pyridine rings is 1. The van der Waals surface area contributed by atoms with Crippen molar-refractivity contribution in [1.29, 1.82) is 0 Å². The van der Waals surface area contributed by atoms with Crippen molar-refractivity contribution in [3.8, 4) is 0 Å². The molecule has 4 heteroatoms. The van der Waals surface area contributed by atoms with Gasteiger partial charge in [-0.1, -0.05) is 6.07 Å². The number of thiazole rings is 1. The van der Waals surface area contributed by atoms with Crippen molar-refractivity contribution in [1.82, 2.24) is 15.3 Å². The average molecular weight is 261 g/mol. The predicted octanol–water partition coefficient (Wildman–Crippen LogP) is 3.57. The van der Waals surface area contributed by atoms with E-state index in [2.05, 4.69) is 43.0 Å². The van der Waals surface area contributed by atoms with Crippen LogP contribution in [-0.4, -0.2) is 9.97 Å². The van der Waals surface area contributed by atoms with Crippen LogP contribution in [0.3, 0.4) is 0 Å². The number of hydrogen-bond donors (Lipinski definition) is 1. The van der Waals surface area contributed by atoms with Gasteiger partial charge in [0.2, 0.25) is 0 Å². The first-order valence-corrected chi connectivity index (χ1v) is 7.00. The molecule has 2 unspecified atom stereocenters. The smallest absolute Gasteiger partial charge is 0.0900 e. The largest absolute Gasteiger partial charge is 0.301 e. The quantitative estimate of drug-likeness (QED) is 0.914. The average Bonchev–Trinajstić information content (AvgIpc) is 2.69. The molecule has 18 heavy (non-hydrogen) atoms. The maximum absolute atomic E-state index is 4.59. The Hall–Kier alpha value is -1.26. The zero-order valence-electron chi connectivity index (χ0n) is 11.3. The van der Waals surface area contributed by atoms with Crippen LogP contribution >= 0.6 is 11.3 Å². The van der Waals surface area contributed by atoms with Gasteiger partial charge in [0.25, 0.3) is 0 Å². The van der Waals surface area contributed by atoms with Gasteiger partial charge in [0.1, 0.15) is 0 Å². The molecule has 2 rings (SSSR count). The number of rotatable bonds is 4. The predicted molar refractivity (Wildman–Crippen MR) is 75.8 cm³/mol. The minimum Gasteiger partial charge on any atom is -0.301 e. The second-order valence-electron chi connectivity index (χ2n) is 4.54. The Balaban J connectivity index is 2.08. The van der Waals surface area contributed by atoms with E-state index in [0.29, 0.717) is 0 Å². The Morgan fingerprint density at radius 1 is 1.17 bits per heavy atom. The monoisotopic (exact) mass is 261 g/mol. The van der Waals surface area contributed by atoms with Gasteiger partial charge in [0, 0.05) is 23.2 Å². The first kappa shape index (κ1) is 13.2. The van der Waals surface area contributed by atoms with Crippen LogP contribution in [0.25, 0.3) is 0 Å². The lowest BCUT2D eigenvalue weighted by Gasteiger charge is -2.18. The zero-order valence-corrected chi connectivity index (χ0v) is 12.1. The van der Waals surface area contributed by atoms with Crippen molar-refractivity contribution in [2.24, 2.45) is 0 Å². The lowest BCUT2D eigenvalue weighted by atomic mass is 10.1. The molecule has 0 aliphatic heterocycles. The molecular weight excluding hydrogens is 242 g/mol. The Labute approximate surface area is 112 Å². The maximum Gasteiger partial charge on any atom is 0.0900 e. The molecule has 0 aliphatic rings. The van der Waals surface area contributed by atoms with Crippen molar-refractivity contribution < 1.29 is 0 Å². The van der Waals surface area contributed by atoms with Crippen LogP contribution in [0.1, 0.15) is 47.2 Å². The van der Waals surface area contributed by atoms with Crippen LogP contribution in [0.15, 0.2) is 24.4 Å². The standard InChI is InChI=1S/C14H19N3S/c1-9(13-7-5-6-8-15-13)16-10(2)14-11(3)18-12(4)17-14/h5-10,16H,1-4H3. The van der Waals surface area contributed by atoms with Gasteiger partial charge in [0.15, 0.2) is 0 Å². The molecule has 2 heterocycles. The molecule has 2 atom stereocenters. The van der Waals surface area contributed by atoms with Crippen LogP contribution in [0.4, 0.5) is 0 Å². The second kappa shape index (κ2) is 5.59. The van der Waals surface area contributed by atoms with Crippen molar-refractivity contribution in [2.45, 2.75) is 39.8 Å². The minimum atomic E-state index is 0.225. The van der Waals surface area contributed by atoms with Crippen LogP contribution in [-0.2, 0) is 0 Å². The van der Waals surface area contributed by atoms with Crippen molar-refractivity contribution in [3.05, 3.63) is 45.7 Å². The highest BCUT2D eigenvalue weighted by molar-refractivity contribution is 7.11. The number of aryl methyl sites for hydroxylation is 2. The molecule has 0 aromatic carbocycles. The van der Waals surface area contributed by atoms with E-state index in [0.717, 1.165) is 16.4 Å². The summed E-state index contributed by atoms with van der Waals surface area (Å²) in [6, 6.07) is 6.47. The highest BCUT2D eigenvalue weighted by Gasteiger charge is 2.16. The maximum atomic E-state index is 4.59. The molecule has 0 amide bonds. The van der Waals surface area contributed by atoms with E-state index in [1.807, 2.05) is 24.4 Å². The van der Waals surface area contributed by atoms with Crippen LogP contribution in [0, 0.1) is 13.8 Å². The molecule has 0 saturated carbocycles. The Morgan fingerprint density at radius 3 is 2.50 bits per heavy atom. The van der Waals surface area contributed by atoms with Crippen molar-refractivity contribution in [3.63, 3.8) is 0 Å². The molecule has 0 fully saturated rings. The van der Waals surface area contributed by atoms with Gasteiger partial charge in [0.05, 0.1) is 16.4 Å². The van der Waals surface area contributed by atoms with E-state index in [4.69, 9.17) is 0 Å². The second-order valence-corrected chi connectivity index (χ2v) is 5.95. The van der Waals surface area contributed by atoms with Gasteiger partial charge in [-0.3, -0.25) is 4.98 Å². The third-order valence-electron chi connectivity index (χ3n) is 2.98. The van der Waals surface area contributed by atoms with Gasteiger partial charge >= 0.3 is 0 Å². The Morgan fingerprint density at radius 2 is 1.94 bits per heavy atom. The fourth-order valence-electron chi connectivity index (χ4n) is 2.12. The summed E-state index contributed by atoms with van der Waals surface area (Å²) in [7, 11) is 0. The summed E-state index contributed by atoms with van der Waals surface area (Å²) in [6.07, 6.45) is 1.83. The van der Waals surface area contributed by atoms with Gasteiger partial charge < -0.3 is 5.32 Å². The number of nitrogens with zero attached hydrogens (tertiary/aromatic N) is 2. The molecule has 3 nitrogen and oxygen atoms in total. The molecule has 96 valence electrons. The van der Waals surface area contributed by atoms with Gasteiger partial charge in [-0.05, 0) is 39.8 Å². The molecule has 0 spiro atoms. The van der Waals surface area contributed by atoms with E-state index >= 15 is 0 Å². The molecule has 0 saturated heterocycles. The van der Waals surface area contributed by atoms with Gasteiger partial charge in [-0.15, -0.1) is 11.3 Å². The topological polar surface area (TPSA) is 37.8 Å². The van der Waals surface area contributed by atoms with Crippen molar-refractivity contribution in [2.75, 3.05) is 0 Å². The highest BCUT2D eigenvalue weighted by Crippen LogP contribution is 2.24. The number of aromatic nitrogens is 2. The van der Waals surface area contributed by atoms with E-state index in [1.165, 1.54) is 4.88 Å². The Kier molecular flexibility index (Phi) is 4.09. The number of hydrogen-bond acceptors (Lipinski definition) is 4. The highest BCUT2D eigenvalue weighted by atomic mass is 32.1. The van der Waals surface area contributed by atoms with E-state index in [-0.39, 0.29) is 12.1 Å². The first-order valence-electron chi connectivity index (χ1n) is 6.19. The lowest BCUT2D eigenvalue weighted by molar-refractivity contribution is 0.478. The van der Waals surface area contributed by atoms with Crippen molar-refractivity contribution >= 4 is 11.3 Å². The summed E-state index contributed by atoms with van der Waals surface area (Å²) in [5.41, 5.74) is 2.22. The molecule has 2 aromatic heterocycles. The molecule has 0 aliphatic carbocycles.